The normalized spacial score (nSPS) is 15.9. The fourth-order valence-corrected chi connectivity index (χ4v) is 4.97. The summed E-state index contributed by atoms with van der Waals surface area (Å²) in [4.78, 5) is 30.6. The molecule has 38 heavy (non-hydrogen) atoms. The van der Waals surface area contributed by atoms with E-state index >= 15 is 0 Å². The SMILES string of the molecule is Cc1cc([C@@H](C)CNc2cccnc2C(=O)NC[C@H]2CCOC2)c2oc(-c3ccccc3)c(C)c(=O)c2c1. The first-order chi connectivity index (χ1) is 18.4. The minimum absolute atomic E-state index is 0.0152. The first kappa shape index (κ1) is 25.7. The van der Waals surface area contributed by atoms with Gasteiger partial charge in [0.05, 0.1) is 17.7 Å². The molecule has 2 aromatic heterocycles. The Hall–Kier alpha value is -3.97. The summed E-state index contributed by atoms with van der Waals surface area (Å²) in [5.74, 6) is 0.710. The first-order valence-electron chi connectivity index (χ1n) is 13.1. The van der Waals surface area contributed by atoms with E-state index < -0.39 is 0 Å². The molecule has 2 N–H and O–H groups in total. The lowest BCUT2D eigenvalue weighted by molar-refractivity contribution is 0.0941. The van der Waals surface area contributed by atoms with Gasteiger partial charge in [-0.3, -0.25) is 9.59 Å². The molecule has 1 saturated heterocycles. The maximum absolute atomic E-state index is 13.4. The van der Waals surface area contributed by atoms with Crippen LogP contribution in [0, 0.1) is 19.8 Å². The summed E-state index contributed by atoms with van der Waals surface area (Å²) in [6, 6.07) is 17.3. The van der Waals surface area contributed by atoms with Crippen LogP contribution in [0.15, 0.2) is 70.0 Å². The fourth-order valence-electron chi connectivity index (χ4n) is 4.97. The van der Waals surface area contributed by atoms with Crippen molar-refractivity contribution in [1.29, 1.82) is 0 Å². The van der Waals surface area contributed by atoms with Crippen LogP contribution in [0.2, 0.25) is 0 Å². The van der Waals surface area contributed by atoms with Gasteiger partial charge in [0, 0.05) is 54.4 Å². The number of amides is 1. The van der Waals surface area contributed by atoms with E-state index in [1.165, 1.54) is 0 Å². The number of fused-ring (bicyclic) bond motifs is 1. The number of benzene rings is 2. The molecule has 1 fully saturated rings. The molecule has 2 atom stereocenters. The lowest BCUT2D eigenvalue weighted by Gasteiger charge is -2.19. The van der Waals surface area contributed by atoms with Gasteiger partial charge >= 0.3 is 0 Å². The third kappa shape index (κ3) is 5.34. The van der Waals surface area contributed by atoms with Gasteiger partial charge in [-0.1, -0.05) is 43.3 Å². The summed E-state index contributed by atoms with van der Waals surface area (Å²) in [5.41, 5.74) is 5.02. The number of aromatic nitrogens is 1. The zero-order valence-corrected chi connectivity index (χ0v) is 22.0. The number of rotatable bonds is 8. The maximum atomic E-state index is 13.4. The number of carbonyl (C=O) groups excluding carboxylic acids is 1. The van der Waals surface area contributed by atoms with E-state index in [2.05, 4.69) is 28.6 Å². The summed E-state index contributed by atoms with van der Waals surface area (Å²) in [6.45, 7) is 8.41. The van der Waals surface area contributed by atoms with Crippen molar-refractivity contribution in [3.63, 3.8) is 0 Å². The number of pyridine rings is 1. The zero-order valence-electron chi connectivity index (χ0n) is 22.0. The van der Waals surface area contributed by atoms with Crippen LogP contribution in [0.1, 0.15) is 46.4 Å². The molecule has 0 radical (unpaired) electrons. The van der Waals surface area contributed by atoms with Crippen LogP contribution in [0.5, 0.6) is 0 Å². The van der Waals surface area contributed by atoms with Gasteiger partial charge in [0.25, 0.3) is 5.91 Å². The third-order valence-corrected chi connectivity index (χ3v) is 7.16. The van der Waals surface area contributed by atoms with E-state index in [0.29, 0.717) is 59.3 Å². The first-order valence-corrected chi connectivity index (χ1v) is 13.1. The summed E-state index contributed by atoms with van der Waals surface area (Å²) >= 11 is 0. The second-order valence-electron chi connectivity index (χ2n) is 10.1. The van der Waals surface area contributed by atoms with Crippen LogP contribution >= 0.6 is 0 Å². The summed E-state index contributed by atoms with van der Waals surface area (Å²) in [5, 5.41) is 6.99. The van der Waals surface area contributed by atoms with Gasteiger partial charge in [0.15, 0.2) is 11.1 Å². The molecule has 3 heterocycles. The molecule has 196 valence electrons. The molecule has 0 unspecified atom stereocenters. The van der Waals surface area contributed by atoms with E-state index in [-0.39, 0.29) is 17.3 Å². The highest BCUT2D eigenvalue weighted by molar-refractivity contribution is 5.97. The fraction of sp³-hybridized carbons (Fsp3) is 0.323. The molecule has 0 bridgehead atoms. The van der Waals surface area contributed by atoms with Crippen molar-refractivity contribution in [2.45, 2.75) is 33.1 Å². The average molecular weight is 512 g/mol. The monoisotopic (exact) mass is 511 g/mol. The molecular weight excluding hydrogens is 478 g/mol. The molecule has 5 rings (SSSR count). The molecule has 1 aliphatic rings. The topological polar surface area (TPSA) is 93.5 Å². The molecule has 4 aromatic rings. The third-order valence-electron chi connectivity index (χ3n) is 7.16. The predicted octanol–water partition coefficient (Wildman–Crippen LogP) is 5.45. The number of ether oxygens (including phenoxy) is 1. The maximum Gasteiger partial charge on any atom is 0.272 e. The molecule has 0 spiro atoms. The molecule has 7 heteroatoms. The Morgan fingerprint density at radius 2 is 1.95 bits per heavy atom. The van der Waals surface area contributed by atoms with Crippen molar-refractivity contribution < 1.29 is 13.9 Å². The summed E-state index contributed by atoms with van der Waals surface area (Å²) in [7, 11) is 0. The second-order valence-corrected chi connectivity index (χ2v) is 10.1. The van der Waals surface area contributed by atoms with Gasteiger partial charge in [0.2, 0.25) is 0 Å². The minimum atomic E-state index is -0.206. The predicted molar refractivity (Wildman–Crippen MR) is 150 cm³/mol. The van der Waals surface area contributed by atoms with Crippen LogP contribution in [0.3, 0.4) is 0 Å². The van der Waals surface area contributed by atoms with Gasteiger partial charge in [-0.05, 0) is 44.0 Å². The Bertz CT molecular complexity index is 1510. The van der Waals surface area contributed by atoms with Crippen LogP contribution < -0.4 is 16.1 Å². The Labute approximate surface area is 222 Å². The average Bonchev–Trinajstić information content (AvgIpc) is 3.46. The number of carbonyl (C=O) groups is 1. The molecule has 0 saturated carbocycles. The lowest BCUT2D eigenvalue weighted by Crippen LogP contribution is -2.31. The Balaban J connectivity index is 1.41. The highest BCUT2D eigenvalue weighted by Crippen LogP contribution is 2.31. The van der Waals surface area contributed by atoms with Crippen LogP contribution in [-0.2, 0) is 4.74 Å². The largest absolute Gasteiger partial charge is 0.455 e. The smallest absolute Gasteiger partial charge is 0.272 e. The summed E-state index contributed by atoms with van der Waals surface area (Å²) < 4.78 is 11.9. The number of aryl methyl sites for hydroxylation is 1. The van der Waals surface area contributed by atoms with Gasteiger partial charge in [-0.25, -0.2) is 4.98 Å². The van der Waals surface area contributed by atoms with Crippen molar-refractivity contribution in [1.82, 2.24) is 10.3 Å². The molecule has 7 nitrogen and oxygen atoms in total. The van der Waals surface area contributed by atoms with E-state index in [4.69, 9.17) is 9.15 Å². The molecular formula is C31H33N3O4. The Morgan fingerprint density at radius 1 is 1.13 bits per heavy atom. The number of nitrogens with zero attached hydrogens (tertiary/aromatic N) is 1. The highest BCUT2D eigenvalue weighted by Gasteiger charge is 2.21. The number of nitrogens with one attached hydrogen (secondary N) is 2. The van der Waals surface area contributed by atoms with Crippen molar-refractivity contribution in [2.75, 3.05) is 31.6 Å². The van der Waals surface area contributed by atoms with Gasteiger partial charge in [0.1, 0.15) is 11.3 Å². The standard InChI is InChI=1S/C31H33N3O4/c1-19-14-24(30-25(15-19)28(35)21(3)29(38-30)23-8-5-4-6-9-23)20(2)16-33-26-10-7-12-32-27(26)31(36)34-17-22-11-13-37-18-22/h4-10,12,14-15,20,22,33H,11,13,16-18H2,1-3H3,(H,34,36)/t20-,22+/m0/s1. The quantitative estimate of drug-likeness (QED) is 0.327. The molecule has 2 aromatic carbocycles. The van der Waals surface area contributed by atoms with Crippen LogP contribution in [-0.4, -0.2) is 37.2 Å². The molecule has 1 aliphatic heterocycles. The van der Waals surface area contributed by atoms with Gasteiger partial charge < -0.3 is 19.8 Å². The van der Waals surface area contributed by atoms with Crippen molar-refractivity contribution in [3.05, 3.63) is 93.4 Å². The number of hydrogen-bond donors (Lipinski definition) is 2. The van der Waals surface area contributed by atoms with E-state index in [1.54, 1.807) is 6.20 Å². The zero-order chi connectivity index (χ0) is 26.6. The molecule has 1 amide bonds. The number of anilines is 1. The van der Waals surface area contributed by atoms with Crippen molar-refractivity contribution in [3.8, 4) is 11.3 Å². The van der Waals surface area contributed by atoms with Crippen molar-refractivity contribution in [2.24, 2.45) is 5.92 Å². The molecule has 0 aliphatic carbocycles. The Kier molecular flexibility index (Phi) is 7.56. The van der Waals surface area contributed by atoms with E-state index in [1.807, 2.05) is 62.4 Å². The van der Waals surface area contributed by atoms with Crippen LogP contribution in [0.25, 0.3) is 22.3 Å². The van der Waals surface area contributed by atoms with Gasteiger partial charge in [-0.2, -0.15) is 0 Å². The van der Waals surface area contributed by atoms with Crippen LogP contribution in [0.4, 0.5) is 5.69 Å². The lowest BCUT2D eigenvalue weighted by atomic mass is 9.95. The second kappa shape index (κ2) is 11.2. The summed E-state index contributed by atoms with van der Waals surface area (Å²) in [6.07, 6.45) is 2.58. The minimum Gasteiger partial charge on any atom is -0.455 e. The number of hydrogen-bond acceptors (Lipinski definition) is 6. The highest BCUT2D eigenvalue weighted by atomic mass is 16.5. The van der Waals surface area contributed by atoms with E-state index in [9.17, 15) is 9.59 Å². The Morgan fingerprint density at radius 3 is 2.71 bits per heavy atom. The van der Waals surface area contributed by atoms with Gasteiger partial charge in [-0.15, -0.1) is 0 Å². The van der Waals surface area contributed by atoms with Crippen molar-refractivity contribution >= 4 is 22.6 Å². The van der Waals surface area contributed by atoms with E-state index in [0.717, 1.165) is 29.7 Å².